The van der Waals surface area contributed by atoms with Crippen LogP contribution in [0.1, 0.15) is 31.4 Å². The molecule has 2 saturated heterocycles. The van der Waals surface area contributed by atoms with Gasteiger partial charge in [0.25, 0.3) is 0 Å². The van der Waals surface area contributed by atoms with Gasteiger partial charge in [-0.3, -0.25) is 4.79 Å². The van der Waals surface area contributed by atoms with E-state index in [1.165, 1.54) is 12.1 Å². The lowest BCUT2D eigenvalue weighted by Gasteiger charge is -2.37. The molecule has 7 nitrogen and oxygen atoms in total. The standard InChI is InChI=1S/C28H33FN4O3/c1-19-25-10-9-24(35-2)16-26(25)31-28(30-19)32-14-11-21(12-15-32)27(34)33-13-3-4-20(17-33)18-36-23-7-5-22(29)6-8-23/h5-10,16,20-21H,3-4,11-15,17-18H2,1-2H3/t20-/m1/s1. The van der Waals surface area contributed by atoms with Crippen LogP contribution < -0.4 is 14.4 Å². The van der Waals surface area contributed by atoms with Crippen LogP contribution in [0, 0.1) is 24.6 Å². The number of fused-ring (bicyclic) bond motifs is 1. The summed E-state index contributed by atoms with van der Waals surface area (Å²) >= 11 is 0. The molecule has 2 fully saturated rings. The lowest BCUT2D eigenvalue weighted by molar-refractivity contribution is -0.138. The molecule has 1 atom stereocenters. The highest BCUT2D eigenvalue weighted by atomic mass is 19.1. The van der Waals surface area contributed by atoms with Crippen LogP contribution in [0.3, 0.4) is 0 Å². The molecule has 3 aromatic rings. The predicted octanol–water partition coefficient (Wildman–Crippen LogP) is 4.62. The van der Waals surface area contributed by atoms with E-state index in [0.717, 1.165) is 80.2 Å². The molecule has 2 aliphatic rings. The van der Waals surface area contributed by atoms with Crippen molar-refractivity contribution in [3.8, 4) is 11.5 Å². The van der Waals surface area contributed by atoms with Crippen molar-refractivity contribution in [3.05, 3.63) is 54.0 Å². The Balaban J connectivity index is 1.16. The molecule has 0 radical (unpaired) electrons. The Morgan fingerprint density at radius 2 is 1.78 bits per heavy atom. The quantitative estimate of drug-likeness (QED) is 0.500. The Hall–Kier alpha value is -3.42. The number of hydrogen-bond acceptors (Lipinski definition) is 6. The van der Waals surface area contributed by atoms with Gasteiger partial charge in [0.2, 0.25) is 11.9 Å². The molecule has 0 aliphatic carbocycles. The molecule has 1 amide bonds. The zero-order valence-electron chi connectivity index (χ0n) is 21.0. The van der Waals surface area contributed by atoms with Crippen LogP contribution in [0.5, 0.6) is 11.5 Å². The Morgan fingerprint density at radius 3 is 2.53 bits per heavy atom. The number of nitrogens with zero attached hydrogens (tertiary/aromatic N) is 4. The molecule has 0 bridgehead atoms. The van der Waals surface area contributed by atoms with Gasteiger partial charge in [0.1, 0.15) is 17.3 Å². The number of anilines is 1. The topological polar surface area (TPSA) is 67.8 Å². The molecular weight excluding hydrogens is 459 g/mol. The van der Waals surface area contributed by atoms with Gasteiger partial charge in [-0.05, 0) is 69.0 Å². The van der Waals surface area contributed by atoms with Crippen molar-refractivity contribution < 1.29 is 18.7 Å². The molecule has 2 aromatic carbocycles. The molecular formula is C28H33FN4O3. The first kappa shape index (κ1) is 24.3. The SMILES string of the molecule is COc1ccc2c(C)nc(N3CCC(C(=O)N4CCC[C@@H](COc5ccc(F)cc5)C4)CC3)nc2c1. The van der Waals surface area contributed by atoms with Crippen molar-refractivity contribution >= 4 is 22.8 Å². The number of halogens is 1. The van der Waals surface area contributed by atoms with Gasteiger partial charge in [0.15, 0.2) is 0 Å². The van der Waals surface area contributed by atoms with E-state index in [-0.39, 0.29) is 17.6 Å². The zero-order chi connectivity index (χ0) is 25.1. The number of carbonyl (C=O) groups excluding carboxylic acids is 1. The van der Waals surface area contributed by atoms with Gasteiger partial charge in [-0.15, -0.1) is 0 Å². The van der Waals surface area contributed by atoms with Crippen LogP contribution in [0.25, 0.3) is 10.9 Å². The number of amides is 1. The number of hydrogen-bond donors (Lipinski definition) is 0. The number of benzene rings is 2. The van der Waals surface area contributed by atoms with E-state index in [9.17, 15) is 9.18 Å². The number of aryl methyl sites for hydroxylation is 1. The molecule has 5 rings (SSSR count). The smallest absolute Gasteiger partial charge is 0.226 e. The first-order valence-corrected chi connectivity index (χ1v) is 12.7. The lowest BCUT2D eigenvalue weighted by atomic mass is 9.92. The van der Waals surface area contributed by atoms with Crippen molar-refractivity contribution in [2.24, 2.45) is 11.8 Å². The van der Waals surface area contributed by atoms with E-state index in [1.807, 2.05) is 30.0 Å². The van der Waals surface area contributed by atoms with Gasteiger partial charge in [-0.25, -0.2) is 14.4 Å². The van der Waals surface area contributed by atoms with Gasteiger partial charge >= 0.3 is 0 Å². The minimum atomic E-state index is -0.273. The van der Waals surface area contributed by atoms with Crippen molar-refractivity contribution in [1.82, 2.24) is 14.9 Å². The highest BCUT2D eigenvalue weighted by Crippen LogP contribution is 2.28. The molecule has 190 valence electrons. The van der Waals surface area contributed by atoms with Crippen LogP contribution in [-0.2, 0) is 4.79 Å². The van der Waals surface area contributed by atoms with Gasteiger partial charge in [-0.2, -0.15) is 0 Å². The fourth-order valence-corrected chi connectivity index (χ4v) is 5.25. The minimum absolute atomic E-state index is 0.0275. The Bertz CT molecular complexity index is 1210. The highest BCUT2D eigenvalue weighted by molar-refractivity contribution is 5.83. The Morgan fingerprint density at radius 1 is 1.03 bits per heavy atom. The number of likely N-dealkylation sites (tertiary alicyclic amines) is 1. The maximum Gasteiger partial charge on any atom is 0.226 e. The molecule has 36 heavy (non-hydrogen) atoms. The van der Waals surface area contributed by atoms with Gasteiger partial charge < -0.3 is 19.3 Å². The van der Waals surface area contributed by atoms with Crippen LogP contribution in [-0.4, -0.2) is 60.7 Å². The van der Waals surface area contributed by atoms with Crippen molar-refractivity contribution in [2.45, 2.75) is 32.6 Å². The predicted molar refractivity (Wildman–Crippen MR) is 137 cm³/mol. The van der Waals surface area contributed by atoms with E-state index >= 15 is 0 Å². The molecule has 0 N–H and O–H groups in total. The van der Waals surface area contributed by atoms with Gasteiger partial charge in [-0.1, -0.05) is 0 Å². The summed E-state index contributed by atoms with van der Waals surface area (Å²) in [7, 11) is 1.65. The van der Waals surface area contributed by atoms with Gasteiger partial charge in [0, 0.05) is 49.5 Å². The summed E-state index contributed by atoms with van der Waals surface area (Å²) in [6, 6.07) is 12.0. The average Bonchev–Trinajstić information content (AvgIpc) is 2.92. The third-order valence-electron chi connectivity index (χ3n) is 7.34. The molecule has 1 aromatic heterocycles. The zero-order valence-corrected chi connectivity index (χ0v) is 21.0. The van der Waals surface area contributed by atoms with Crippen LogP contribution in [0.15, 0.2) is 42.5 Å². The molecule has 0 saturated carbocycles. The summed E-state index contributed by atoms with van der Waals surface area (Å²) in [5.41, 5.74) is 1.82. The Kier molecular flexibility index (Phi) is 7.20. The summed E-state index contributed by atoms with van der Waals surface area (Å²) in [5.74, 6) is 2.45. The Labute approximate surface area is 211 Å². The molecule has 0 spiro atoms. The second-order valence-corrected chi connectivity index (χ2v) is 9.81. The summed E-state index contributed by atoms with van der Waals surface area (Å²) < 4.78 is 24.3. The molecule has 0 unspecified atom stereocenters. The fraction of sp³-hybridized carbons (Fsp3) is 0.464. The van der Waals surface area contributed by atoms with Crippen LogP contribution in [0.2, 0.25) is 0 Å². The molecule has 3 heterocycles. The number of ether oxygens (including phenoxy) is 2. The monoisotopic (exact) mass is 492 g/mol. The van der Waals surface area contributed by atoms with Crippen molar-refractivity contribution in [3.63, 3.8) is 0 Å². The first-order valence-electron chi connectivity index (χ1n) is 12.7. The number of carbonyl (C=O) groups is 1. The van der Waals surface area contributed by atoms with E-state index in [4.69, 9.17) is 19.4 Å². The molecule has 8 heteroatoms. The first-order chi connectivity index (χ1) is 17.5. The van der Waals surface area contributed by atoms with E-state index < -0.39 is 0 Å². The number of methoxy groups -OCH3 is 1. The van der Waals surface area contributed by atoms with Crippen molar-refractivity contribution in [2.75, 3.05) is 44.8 Å². The van der Waals surface area contributed by atoms with E-state index in [2.05, 4.69) is 4.90 Å². The van der Waals surface area contributed by atoms with Gasteiger partial charge in [0.05, 0.1) is 24.9 Å². The third kappa shape index (κ3) is 5.37. The fourth-order valence-electron chi connectivity index (χ4n) is 5.25. The van der Waals surface area contributed by atoms with Crippen molar-refractivity contribution in [1.29, 1.82) is 0 Å². The maximum atomic E-state index is 13.3. The van der Waals surface area contributed by atoms with Crippen LogP contribution >= 0.6 is 0 Å². The summed E-state index contributed by atoms with van der Waals surface area (Å²) in [4.78, 5) is 27.1. The minimum Gasteiger partial charge on any atom is -0.497 e. The number of rotatable bonds is 6. The maximum absolute atomic E-state index is 13.3. The normalized spacial score (nSPS) is 18.9. The second-order valence-electron chi connectivity index (χ2n) is 9.81. The summed E-state index contributed by atoms with van der Waals surface area (Å²) in [6.07, 6.45) is 3.61. The summed E-state index contributed by atoms with van der Waals surface area (Å²) in [6.45, 7) is 5.59. The number of piperidine rings is 2. The summed E-state index contributed by atoms with van der Waals surface area (Å²) in [5, 5.41) is 1.02. The lowest BCUT2D eigenvalue weighted by Crippen LogP contribution is -2.47. The van der Waals surface area contributed by atoms with Crippen LogP contribution in [0.4, 0.5) is 10.3 Å². The van der Waals surface area contributed by atoms with E-state index in [0.29, 0.717) is 18.3 Å². The second kappa shape index (κ2) is 10.7. The highest BCUT2D eigenvalue weighted by Gasteiger charge is 2.32. The van der Waals surface area contributed by atoms with E-state index in [1.54, 1.807) is 19.2 Å². The molecule has 2 aliphatic heterocycles. The third-order valence-corrected chi connectivity index (χ3v) is 7.34. The largest absolute Gasteiger partial charge is 0.497 e. The average molecular weight is 493 g/mol. The number of aromatic nitrogens is 2.